The molecule has 0 saturated heterocycles. The summed E-state index contributed by atoms with van der Waals surface area (Å²) >= 11 is 0. The topological polar surface area (TPSA) is 24.9 Å². The van der Waals surface area contributed by atoms with Gasteiger partial charge in [-0.25, -0.2) is 0 Å². The van der Waals surface area contributed by atoms with Crippen LogP contribution in [0, 0.1) is 6.92 Å². The van der Waals surface area contributed by atoms with Crippen LogP contribution in [-0.4, -0.2) is 18.1 Å². The number of hydrogen-bond donors (Lipinski definition) is 1. The van der Waals surface area contributed by atoms with Crippen molar-refractivity contribution in [1.29, 1.82) is 0 Å². The van der Waals surface area contributed by atoms with Gasteiger partial charge in [-0.15, -0.1) is 0 Å². The van der Waals surface area contributed by atoms with E-state index in [1.807, 2.05) is 6.20 Å². The van der Waals surface area contributed by atoms with Crippen molar-refractivity contribution in [1.82, 2.24) is 10.3 Å². The lowest BCUT2D eigenvalue weighted by Crippen LogP contribution is -2.21. The molecule has 2 heterocycles. The van der Waals surface area contributed by atoms with Crippen LogP contribution in [0.2, 0.25) is 0 Å². The highest BCUT2D eigenvalue weighted by atomic mass is 14.9. The highest BCUT2D eigenvalue weighted by Gasteiger charge is 2.05. The normalized spacial score (nSPS) is 16.8. The van der Waals surface area contributed by atoms with Gasteiger partial charge < -0.3 is 5.32 Å². The summed E-state index contributed by atoms with van der Waals surface area (Å²) in [5, 5.41) is 3.34. The van der Waals surface area contributed by atoms with Gasteiger partial charge in [0.2, 0.25) is 0 Å². The largest absolute Gasteiger partial charge is 0.312 e. The van der Waals surface area contributed by atoms with Gasteiger partial charge in [-0.05, 0) is 37.1 Å². The molecule has 2 rings (SSSR count). The molecule has 1 aromatic heterocycles. The van der Waals surface area contributed by atoms with Gasteiger partial charge in [0.15, 0.2) is 0 Å². The van der Waals surface area contributed by atoms with Crippen LogP contribution in [0.4, 0.5) is 0 Å². The molecule has 0 saturated carbocycles. The molecule has 0 atom stereocenters. The summed E-state index contributed by atoms with van der Waals surface area (Å²) in [6, 6.07) is 4.20. The molecule has 0 bridgehead atoms. The second kappa shape index (κ2) is 3.71. The lowest BCUT2D eigenvalue weighted by molar-refractivity contribution is 0.737. The Morgan fingerprint density at radius 2 is 2.31 bits per heavy atom. The van der Waals surface area contributed by atoms with Gasteiger partial charge in [-0.3, -0.25) is 4.98 Å². The first kappa shape index (κ1) is 8.45. The van der Waals surface area contributed by atoms with Crippen LogP contribution >= 0.6 is 0 Å². The minimum atomic E-state index is 0.954. The molecule has 2 heteroatoms. The lowest BCUT2D eigenvalue weighted by Gasteiger charge is -2.13. The second-order valence-corrected chi connectivity index (χ2v) is 3.42. The van der Waals surface area contributed by atoms with Crippen LogP contribution in [0.3, 0.4) is 0 Å². The minimum Gasteiger partial charge on any atom is -0.312 e. The van der Waals surface area contributed by atoms with Crippen molar-refractivity contribution < 1.29 is 0 Å². The molecule has 1 aliphatic rings. The number of aromatic nitrogens is 1. The third kappa shape index (κ3) is 1.95. The van der Waals surface area contributed by atoms with Gasteiger partial charge in [-0.1, -0.05) is 12.1 Å². The molecule has 0 aliphatic carbocycles. The number of rotatable bonds is 1. The van der Waals surface area contributed by atoms with Gasteiger partial charge in [0, 0.05) is 12.7 Å². The fourth-order valence-electron chi connectivity index (χ4n) is 1.50. The van der Waals surface area contributed by atoms with Crippen LogP contribution in [0.5, 0.6) is 0 Å². The van der Waals surface area contributed by atoms with Gasteiger partial charge in [-0.2, -0.15) is 0 Å². The number of hydrogen-bond acceptors (Lipinski definition) is 2. The minimum absolute atomic E-state index is 0.954. The molecule has 0 spiro atoms. The van der Waals surface area contributed by atoms with Crippen molar-refractivity contribution in [3.63, 3.8) is 0 Å². The second-order valence-electron chi connectivity index (χ2n) is 3.42. The van der Waals surface area contributed by atoms with Gasteiger partial charge >= 0.3 is 0 Å². The molecule has 0 amide bonds. The predicted molar refractivity (Wildman–Crippen MR) is 54.4 cm³/mol. The zero-order chi connectivity index (χ0) is 9.10. The quantitative estimate of drug-likeness (QED) is 0.701. The summed E-state index contributed by atoms with van der Waals surface area (Å²) in [5.74, 6) is 0. The van der Waals surface area contributed by atoms with E-state index in [0.717, 1.165) is 25.2 Å². The average molecular weight is 174 g/mol. The Bertz CT molecular complexity index is 311. The van der Waals surface area contributed by atoms with E-state index in [4.69, 9.17) is 0 Å². The zero-order valence-electron chi connectivity index (χ0n) is 7.88. The SMILES string of the molecule is Cc1ccc(C2=CCCNC2)nc1. The van der Waals surface area contributed by atoms with E-state index in [9.17, 15) is 0 Å². The summed E-state index contributed by atoms with van der Waals surface area (Å²) < 4.78 is 0. The molecular formula is C11H14N2. The smallest absolute Gasteiger partial charge is 0.0671 e. The van der Waals surface area contributed by atoms with Crippen molar-refractivity contribution in [2.24, 2.45) is 0 Å². The summed E-state index contributed by atoms with van der Waals surface area (Å²) in [6.45, 7) is 4.11. The Kier molecular flexibility index (Phi) is 2.41. The number of nitrogens with one attached hydrogen (secondary N) is 1. The maximum atomic E-state index is 4.39. The van der Waals surface area contributed by atoms with E-state index in [1.54, 1.807) is 0 Å². The Hall–Kier alpha value is -1.15. The molecule has 2 nitrogen and oxygen atoms in total. The summed E-state index contributed by atoms with van der Waals surface area (Å²) in [4.78, 5) is 4.39. The molecular weight excluding hydrogens is 160 g/mol. The van der Waals surface area contributed by atoms with E-state index in [2.05, 4.69) is 35.4 Å². The van der Waals surface area contributed by atoms with E-state index < -0.39 is 0 Å². The highest BCUT2D eigenvalue weighted by molar-refractivity contribution is 5.64. The molecule has 1 aromatic rings. The fraction of sp³-hybridized carbons (Fsp3) is 0.364. The summed E-state index contributed by atoms with van der Waals surface area (Å²) in [7, 11) is 0. The number of aryl methyl sites for hydroxylation is 1. The summed E-state index contributed by atoms with van der Waals surface area (Å²) in [5.41, 5.74) is 3.65. The Labute approximate surface area is 78.7 Å². The van der Waals surface area contributed by atoms with Crippen molar-refractivity contribution in [2.75, 3.05) is 13.1 Å². The predicted octanol–water partition coefficient (Wildman–Crippen LogP) is 1.77. The molecule has 13 heavy (non-hydrogen) atoms. The van der Waals surface area contributed by atoms with E-state index in [-0.39, 0.29) is 0 Å². The Morgan fingerprint density at radius 3 is 2.92 bits per heavy atom. The molecule has 1 aliphatic heterocycles. The van der Waals surface area contributed by atoms with Gasteiger partial charge in [0.1, 0.15) is 0 Å². The van der Waals surface area contributed by atoms with Crippen LogP contribution in [-0.2, 0) is 0 Å². The van der Waals surface area contributed by atoms with E-state index >= 15 is 0 Å². The molecule has 0 unspecified atom stereocenters. The van der Waals surface area contributed by atoms with Crippen LogP contribution in [0.15, 0.2) is 24.4 Å². The lowest BCUT2D eigenvalue weighted by atomic mass is 10.1. The highest BCUT2D eigenvalue weighted by Crippen LogP contribution is 2.14. The summed E-state index contributed by atoms with van der Waals surface area (Å²) in [6.07, 6.45) is 5.31. The molecule has 0 aromatic carbocycles. The molecule has 1 N–H and O–H groups in total. The van der Waals surface area contributed by atoms with E-state index in [0.29, 0.717) is 0 Å². The first-order valence-electron chi connectivity index (χ1n) is 4.69. The number of nitrogens with zero attached hydrogens (tertiary/aromatic N) is 1. The zero-order valence-corrected chi connectivity index (χ0v) is 7.88. The van der Waals surface area contributed by atoms with Crippen molar-refractivity contribution in [3.8, 4) is 0 Å². The Morgan fingerprint density at radius 1 is 1.38 bits per heavy atom. The fourth-order valence-corrected chi connectivity index (χ4v) is 1.50. The Balaban J connectivity index is 2.24. The maximum Gasteiger partial charge on any atom is 0.0671 e. The van der Waals surface area contributed by atoms with Gasteiger partial charge in [0.05, 0.1) is 5.69 Å². The maximum absolute atomic E-state index is 4.39. The monoisotopic (exact) mass is 174 g/mol. The number of pyridine rings is 1. The van der Waals surface area contributed by atoms with Crippen LogP contribution in [0.25, 0.3) is 5.57 Å². The average Bonchev–Trinajstić information content (AvgIpc) is 2.20. The van der Waals surface area contributed by atoms with E-state index in [1.165, 1.54) is 11.1 Å². The molecule has 68 valence electrons. The third-order valence-electron chi connectivity index (χ3n) is 2.27. The van der Waals surface area contributed by atoms with Crippen molar-refractivity contribution in [3.05, 3.63) is 35.7 Å². The van der Waals surface area contributed by atoms with Gasteiger partial charge in [0.25, 0.3) is 0 Å². The third-order valence-corrected chi connectivity index (χ3v) is 2.27. The first-order valence-corrected chi connectivity index (χ1v) is 4.69. The van der Waals surface area contributed by atoms with Crippen molar-refractivity contribution in [2.45, 2.75) is 13.3 Å². The first-order chi connectivity index (χ1) is 6.36. The van der Waals surface area contributed by atoms with Crippen LogP contribution < -0.4 is 5.32 Å². The molecule has 0 fully saturated rings. The van der Waals surface area contributed by atoms with Crippen molar-refractivity contribution >= 4 is 5.57 Å². The van der Waals surface area contributed by atoms with Crippen LogP contribution in [0.1, 0.15) is 17.7 Å². The standard InChI is InChI=1S/C11H14N2/c1-9-4-5-11(13-7-9)10-3-2-6-12-8-10/h3-5,7,12H,2,6,8H2,1H3. The molecule has 0 radical (unpaired) electrons.